The van der Waals surface area contributed by atoms with Crippen LogP contribution >= 0.6 is 11.8 Å². The first-order valence-corrected chi connectivity index (χ1v) is 7.37. The molecular weight excluding hydrogens is 250 g/mol. The Balaban J connectivity index is 2.11. The van der Waals surface area contributed by atoms with Crippen LogP contribution in [-0.2, 0) is 4.74 Å². The van der Waals surface area contributed by atoms with Gasteiger partial charge in [0.2, 0.25) is 0 Å². The first kappa shape index (κ1) is 13.4. The van der Waals surface area contributed by atoms with Gasteiger partial charge in [-0.3, -0.25) is 4.57 Å². The number of hydrogen-bond acceptors (Lipinski definition) is 5. The summed E-state index contributed by atoms with van der Waals surface area (Å²) in [7, 11) is 1.96. The van der Waals surface area contributed by atoms with Crippen LogP contribution in [0, 0.1) is 0 Å². The number of rotatable bonds is 5. The van der Waals surface area contributed by atoms with Gasteiger partial charge in [-0.15, -0.1) is 11.8 Å². The zero-order valence-electron chi connectivity index (χ0n) is 10.8. The van der Waals surface area contributed by atoms with Crippen LogP contribution in [0.2, 0.25) is 0 Å². The van der Waals surface area contributed by atoms with Gasteiger partial charge in [0.25, 0.3) is 0 Å². The maximum Gasteiger partial charge on any atom is 0.351 e. The zero-order chi connectivity index (χ0) is 13.0. The molecule has 0 spiro atoms. The summed E-state index contributed by atoms with van der Waals surface area (Å²) in [5.74, 6) is 2.19. The lowest BCUT2D eigenvalue weighted by atomic mass is 10.3. The zero-order valence-corrected chi connectivity index (χ0v) is 11.7. The van der Waals surface area contributed by atoms with Gasteiger partial charge in [0.1, 0.15) is 12.0 Å². The Morgan fingerprint density at radius 2 is 2.50 bits per heavy atom. The summed E-state index contributed by atoms with van der Waals surface area (Å²) >= 11 is 1.69. The van der Waals surface area contributed by atoms with Crippen LogP contribution in [0.4, 0.5) is 5.82 Å². The Kier molecular flexibility index (Phi) is 4.66. The molecule has 1 atom stereocenters. The van der Waals surface area contributed by atoms with Crippen LogP contribution in [0.3, 0.4) is 0 Å². The molecule has 18 heavy (non-hydrogen) atoms. The normalized spacial score (nSPS) is 19.1. The monoisotopic (exact) mass is 269 g/mol. The maximum absolute atomic E-state index is 11.9. The highest BCUT2D eigenvalue weighted by Gasteiger charge is 2.19. The van der Waals surface area contributed by atoms with Crippen LogP contribution < -0.4 is 10.6 Å². The van der Waals surface area contributed by atoms with Gasteiger partial charge in [0.05, 0.1) is 5.94 Å². The SMILES string of the molecule is CCCCN(C)c1ccn([C@@H]2CSCO2)c(=O)n1. The Bertz CT molecular complexity index is 443. The Morgan fingerprint density at radius 3 is 3.11 bits per heavy atom. The molecule has 0 aromatic carbocycles. The minimum atomic E-state index is -0.233. The fourth-order valence-electron chi connectivity index (χ4n) is 1.83. The van der Waals surface area contributed by atoms with Crippen LogP contribution in [0.1, 0.15) is 26.0 Å². The van der Waals surface area contributed by atoms with Gasteiger partial charge in [-0.25, -0.2) is 4.79 Å². The lowest BCUT2D eigenvalue weighted by Gasteiger charge is -2.18. The van der Waals surface area contributed by atoms with Crippen molar-refractivity contribution in [1.29, 1.82) is 0 Å². The third-order valence-electron chi connectivity index (χ3n) is 2.97. The van der Waals surface area contributed by atoms with E-state index >= 15 is 0 Å². The second kappa shape index (κ2) is 6.24. The van der Waals surface area contributed by atoms with Crippen LogP contribution in [0.25, 0.3) is 0 Å². The van der Waals surface area contributed by atoms with E-state index in [-0.39, 0.29) is 11.9 Å². The van der Waals surface area contributed by atoms with E-state index in [0.717, 1.165) is 31.0 Å². The lowest BCUT2D eigenvalue weighted by Crippen LogP contribution is -2.30. The number of ether oxygens (including phenoxy) is 1. The van der Waals surface area contributed by atoms with Crippen molar-refractivity contribution < 1.29 is 4.74 Å². The number of nitrogens with zero attached hydrogens (tertiary/aromatic N) is 3. The van der Waals surface area contributed by atoms with Crippen LogP contribution in [0.15, 0.2) is 17.1 Å². The Labute approximate surface area is 111 Å². The van der Waals surface area contributed by atoms with Crippen molar-refractivity contribution in [3.63, 3.8) is 0 Å². The molecule has 1 aromatic heterocycles. The highest BCUT2D eigenvalue weighted by atomic mass is 32.2. The number of anilines is 1. The Morgan fingerprint density at radius 1 is 1.67 bits per heavy atom. The van der Waals surface area contributed by atoms with Gasteiger partial charge in [-0.05, 0) is 12.5 Å². The molecule has 100 valence electrons. The minimum absolute atomic E-state index is 0.162. The molecule has 0 unspecified atom stereocenters. The summed E-state index contributed by atoms with van der Waals surface area (Å²) in [5, 5.41) is 0. The van der Waals surface area contributed by atoms with Gasteiger partial charge >= 0.3 is 5.69 Å². The van der Waals surface area contributed by atoms with Crippen molar-refractivity contribution in [2.45, 2.75) is 26.0 Å². The minimum Gasteiger partial charge on any atom is -0.359 e. The van der Waals surface area contributed by atoms with E-state index < -0.39 is 0 Å². The number of unbranched alkanes of at least 4 members (excludes halogenated alkanes) is 1. The fourth-order valence-corrected chi connectivity index (χ4v) is 2.64. The summed E-state index contributed by atoms with van der Waals surface area (Å²) in [4.78, 5) is 18.1. The quantitative estimate of drug-likeness (QED) is 0.814. The molecule has 6 heteroatoms. The first-order valence-electron chi connectivity index (χ1n) is 6.22. The first-order chi connectivity index (χ1) is 8.72. The predicted molar refractivity (Wildman–Crippen MR) is 74.1 cm³/mol. The third-order valence-corrected chi connectivity index (χ3v) is 3.79. The van der Waals surface area contributed by atoms with Crippen molar-refractivity contribution in [1.82, 2.24) is 9.55 Å². The van der Waals surface area contributed by atoms with E-state index in [1.807, 2.05) is 18.0 Å². The topological polar surface area (TPSA) is 47.4 Å². The molecule has 0 saturated carbocycles. The van der Waals surface area contributed by atoms with E-state index in [1.54, 1.807) is 22.5 Å². The van der Waals surface area contributed by atoms with Crippen molar-refractivity contribution in [3.8, 4) is 0 Å². The van der Waals surface area contributed by atoms with Crippen molar-refractivity contribution in [2.75, 3.05) is 30.2 Å². The largest absolute Gasteiger partial charge is 0.359 e. The molecule has 5 nitrogen and oxygen atoms in total. The van der Waals surface area contributed by atoms with Gasteiger partial charge < -0.3 is 9.64 Å². The van der Waals surface area contributed by atoms with Crippen LogP contribution in [0.5, 0.6) is 0 Å². The van der Waals surface area contributed by atoms with Gasteiger partial charge in [-0.2, -0.15) is 4.98 Å². The van der Waals surface area contributed by atoms with Crippen molar-refractivity contribution >= 4 is 17.6 Å². The van der Waals surface area contributed by atoms with Gasteiger partial charge in [0, 0.05) is 25.5 Å². The highest BCUT2D eigenvalue weighted by molar-refractivity contribution is 7.99. The van der Waals surface area contributed by atoms with E-state index in [4.69, 9.17) is 4.74 Å². The molecule has 1 aliphatic rings. The van der Waals surface area contributed by atoms with Gasteiger partial charge in [-0.1, -0.05) is 13.3 Å². The van der Waals surface area contributed by atoms with E-state index in [9.17, 15) is 4.79 Å². The van der Waals surface area contributed by atoms with E-state index in [1.165, 1.54) is 0 Å². The molecule has 0 radical (unpaired) electrons. The number of thioether (sulfide) groups is 1. The maximum atomic E-state index is 11.9. The Hall–Kier alpha value is -1.01. The lowest BCUT2D eigenvalue weighted by molar-refractivity contribution is 0.0639. The van der Waals surface area contributed by atoms with E-state index in [2.05, 4.69) is 11.9 Å². The molecule has 0 aliphatic carbocycles. The summed E-state index contributed by atoms with van der Waals surface area (Å²) in [6, 6.07) is 1.88. The molecule has 1 aliphatic heterocycles. The van der Waals surface area contributed by atoms with E-state index in [0.29, 0.717) is 5.94 Å². The van der Waals surface area contributed by atoms with Crippen LogP contribution in [-0.4, -0.2) is 34.8 Å². The number of aromatic nitrogens is 2. The number of hydrogen-bond donors (Lipinski definition) is 0. The third kappa shape index (κ3) is 3.05. The summed E-state index contributed by atoms with van der Waals surface area (Å²) in [5.41, 5.74) is -0.233. The highest BCUT2D eigenvalue weighted by Crippen LogP contribution is 2.23. The van der Waals surface area contributed by atoms with Gasteiger partial charge in [0.15, 0.2) is 0 Å². The summed E-state index contributed by atoms with van der Waals surface area (Å²) in [6.45, 7) is 3.07. The molecule has 0 bridgehead atoms. The standard InChI is InChI=1S/C12H19N3O2S/c1-3-4-6-14(2)10-5-7-15(12(16)13-10)11-8-18-9-17-11/h5,7,11H,3-4,6,8-9H2,1-2H3/t11-/m0/s1. The molecule has 0 N–H and O–H groups in total. The molecule has 1 aromatic rings. The summed E-state index contributed by atoms with van der Waals surface area (Å²) in [6.07, 6.45) is 3.85. The molecule has 2 heterocycles. The van der Waals surface area contributed by atoms with Crippen molar-refractivity contribution in [3.05, 3.63) is 22.7 Å². The average Bonchev–Trinajstić information content (AvgIpc) is 2.89. The molecule has 1 fully saturated rings. The smallest absolute Gasteiger partial charge is 0.351 e. The molecule has 0 amide bonds. The van der Waals surface area contributed by atoms with Crippen molar-refractivity contribution in [2.24, 2.45) is 0 Å². The second-order valence-electron chi connectivity index (χ2n) is 4.36. The molecule has 1 saturated heterocycles. The average molecular weight is 269 g/mol. The predicted octanol–water partition coefficient (Wildman–Crippen LogP) is 1.70. The fraction of sp³-hybridized carbons (Fsp3) is 0.667. The summed E-state index contributed by atoms with van der Waals surface area (Å²) < 4.78 is 7.02. The molecular formula is C12H19N3O2S. The second-order valence-corrected chi connectivity index (χ2v) is 5.34. The molecule has 2 rings (SSSR count).